The molecule has 0 radical (unpaired) electrons. The average molecular weight is 548 g/mol. The van der Waals surface area contributed by atoms with Crippen molar-refractivity contribution in [2.45, 2.75) is 56.5 Å². The van der Waals surface area contributed by atoms with Crippen molar-refractivity contribution in [1.29, 1.82) is 0 Å². The predicted octanol–water partition coefficient (Wildman–Crippen LogP) is 3.82. The third-order valence-corrected chi connectivity index (χ3v) is 11.0. The normalized spacial score (nSPS) is 29.9. The zero-order valence-corrected chi connectivity index (χ0v) is 23.6. The van der Waals surface area contributed by atoms with Crippen molar-refractivity contribution in [3.63, 3.8) is 0 Å². The van der Waals surface area contributed by atoms with Crippen LogP contribution in [0.5, 0.6) is 0 Å². The largest absolute Gasteiger partial charge is 0.466 e. The number of rotatable bonds is 4. The van der Waals surface area contributed by atoms with Gasteiger partial charge in [-0.15, -0.1) is 0 Å². The molecule has 1 aliphatic carbocycles. The van der Waals surface area contributed by atoms with E-state index < -0.39 is 51.9 Å². The van der Waals surface area contributed by atoms with Gasteiger partial charge in [0, 0.05) is 24.8 Å². The van der Waals surface area contributed by atoms with Crippen LogP contribution in [0.3, 0.4) is 0 Å². The molecule has 3 aliphatic heterocycles. The molecule has 0 spiro atoms. The number of amides is 2. The summed E-state index contributed by atoms with van der Waals surface area (Å²) < 4.78 is 41.4. The van der Waals surface area contributed by atoms with Gasteiger partial charge in [-0.2, -0.15) is 4.31 Å². The molecule has 0 bridgehead atoms. The number of anilines is 1. The first kappa shape index (κ1) is 26.4. The highest BCUT2D eigenvalue weighted by Crippen LogP contribution is 2.54. The van der Waals surface area contributed by atoms with Crippen molar-refractivity contribution in [2.75, 3.05) is 18.0 Å². The molecule has 8 nitrogen and oxygen atoms in total. The number of hydrogen-bond acceptors (Lipinski definition) is 6. The SMILES string of the molecule is Cc1ccc(S(=O)(=O)N2CC3=C[C@@H](B4OC(C)(C)C(C)(C)O4)[C@H]4C(=O)N(c5ccccc5)C(=O)[C@H]4C3C2)cc1. The Labute approximate surface area is 230 Å². The Morgan fingerprint density at radius 3 is 2.08 bits per heavy atom. The number of fused-ring (bicyclic) bond motifs is 3. The number of sulfonamides is 1. The summed E-state index contributed by atoms with van der Waals surface area (Å²) in [5.41, 5.74) is 1.07. The van der Waals surface area contributed by atoms with Crippen molar-refractivity contribution in [3.05, 3.63) is 71.8 Å². The van der Waals surface area contributed by atoms with Crippen LogP contribution in [0, 0.1) is 24.7 Å². The van der Waals surface area contributed by atoms with E-state index in [-0.39, 0.29) is 29.8 Å². The number of allylic oxidation sites excluding steroid dienone is 1. The standard InChI is InChI=1S/C29H33BN2O6S/c1-18-11-13-21(14-12-18)39(35,36)31-16-19-15-23(30-37-28(2,3)29(4,5)38-30)25-24(22(19)17-31)26(33)32(27(25)34)20-9-7-6-8-10-20/h6-15,22-25H,16-17H2,1-5H3/t22?,23-,24+,25-/m1/s1. The minimum Gasteiger partial charge on any atom is -0.403 e. The van der Waals surface area contributed by atoms with E-state index in [1.807, 2.05) is 46.8 Å². The lowest BCUT2D eigenvalue weighted by atomic mass is 9.56. The summed E-state index contributed by atoms with van der Waals surface area (Å²) in [6.07, 6.45) is 1.96. The molecular formula is C29H33BN2O6S. The van der Waals surface area contributed by atoms with Crippen LogP contribution in [0.4, 0.5) is 5.69 Å². The minimum absolute atomic E-state index is 0.140. The molecule has 1 unspecified atom stereocenters. The fourth-order valence-corrected chi connectivity index (χ4v) is 7.76. The van der Waals surface area contributed by atoms with Gasteiger partial charge in [0.1, 0.15) is 0 Å². The number of imide groups is 1. The van der Waals surface area contributed by atoms with Crippen LogP contribution in [0.1, 0.15) is 33.3 Å². The Kier molecular flexibility index (Phi) is 6.01. The van der Waals surface area contributed by atoms with Gasteiger partial charge in [-0.25, -0.2) is 8.42 Å². The van der Waals surface area contributed by atoms with E-state index in [9.17, 15) is 18.0 Å². The van der Waals surface area contributed by atoms with E-state index in [1.54, 1.807) is 48.5 Å². The zero-order chi connectivity index (χ0) is 27.9. The second-order valence-corrected chi connectivity index (χ2v) is 14.0. The molecule has 39 heavy (non-hydrogen) atoms. The van der Waals surface area contributed by atoms with Crippen LogP contribution in [-0.2, 0) is 28.9 Å². The predicted molar refractivity (Wildman–Crippen MR) is 147 cm³/mol. The number of hydrogen-bond donors (Lipinski definition) is 0. The lowest BCUT2D eigenvalue weighted by Crippen LogP contribution is -2.41. The summed E-state index contributed by atoms with van der Waals surface area (Å²) in [4.78, 5) is 29.5. The number of nitrogens with zero attached hydrogens (tertiary/aromatic N) is 2. The van der Waals surface area contributed by atoms with E-state index >= 15 is 0 Å². The van der Waals surface area contributed by atoms with E-state index in [1.165, 1.54) is 9.21 Å². The molecule has 0 N–H and O–H groups in total. The second-order valence-electron chi connectivity index (χ2n) is 12.1. The smallest absolute Gasteiger partial charge is 0.403 e. The van der Waals surface area contributed by atoms with Crippen molar-refractivity contribution in [3.8, 4) is 0 Å². The molecular weight excluding hydrogens is 515 g/mol. The Hall–Kier alpha value is -2.79. The average Bonchev–Trinajstić information content (AvgIpc) is 3.49. The summed E-state index contributed by atoms with van der Waals surface area (Å²) in [7, 11) is -4.54. The van der Waals surface area contributed by atoms with Gasteiger partial charge in [0.15, 0.2) is 0 Å². The molecule has 204 valence electrons. The number of aryl methyl sites for hydroxylation is 1. The van der Waals surface area contributed by atoms with Gasteiger partial charge in [0.25, 0.3) is 0 Å². The van der Waals surface area contributed by atoms with Gasteiger partial charge < -0.3 is 9.31 Å². The van der Waals surface area contributed by atoms with Gasteiger partial charge in [-0.1, -0.05) is 47.5 Å². The number of benzene rings is 2. The molecule has 10 heteroatoms. The van der Waals surface area contributed by atoms with Crippen LogP contribution in [0.15, 0.2) is 71.1 Å². The quantitative estimate of drug-likeness (QED) is 0.328. The molecule has 2 aromatic carbocycles. The first-order valence-electron chi connectivity index (χ1n) is 13.4. The maximum atomic E-state index is 14.0. The molecule has 0 saturated carbocycles. The number of para-hydroxylation sites is 1. The second kappa shape index (κ2) is 8.86. The Bertz CT molecular complexity index is 1450. The third kappa shape index (κ3) is 4.03. The Morgan fingerprint density at radius 1 is 0.872 bits per heavy atom. The van der Waals surface area contributed by atoms with Crippen molar-refractivity contribution in [2.24, 2.45) is 17.8 Å². The van der Waals surface area contributed by atoms with Crippen LogP contribution in [-0.4, -0.2) is 55.9 Å². The molecule has 3 fully saturated rings. The monoisotopic (exact) mass is 548 g/mol. The molecule has 4 aliphatic rings. The van der Waals surface area contributed by atoms with Gasteiger partial charge in [0.2, 0.25) is 21.8 Å². The van der Waals surface area contributed by atoms with Crippen molar-refractivity contribution >= 4 is 34.6 Å². The topological polar surface area (TPSA) is 93.2 Å². The van der Waals surface area contributed by atoms with Gasteiger partial charge in [-0.05, 0) is 58.9 Å². The van der Waals surface area contributed by atoms with Gasteiger partial charge >= 0.3 is 7.12 Å². The molecule has 2 amide bonds. The fraction of sp³-hybridized carbons (Fsp3) is 0.448. The van der Waals surface area contributed by atoms with Crippen molar-refractivity contribution < 1.29 is 27.3 Å². The van der Waals surface area contributed by atoms with Crippen LogP contribution < -0.4 is 4.90 Å². The third-order valence-electron chi connectivity index (χ3n) is 9.15. The lowest BCUT2D eigenvalue weighted by Gasteiger charge is -2.33. The zero-order valence-electron chi connectivity index (χ0n) is 22.8. The molecule has 6 rings (SSSR count). The van der Waals surface area contributed by atoms with E-state index in [2.05, 4.69) is 0 Å². The summed E-state index contributed by atoms with van der Waals surface area (Å²) in [6.45, 7) is 10.0. The highest BCUT2D eigenvalue weighted by atomic mass is 32.2. The number of carbonyl (C=O) groups is 2. The van der Waals surface area contributed by atoms with E-state index in [0.29, 0.717) is 5.69 Å². The Balaban J connectivity index is 1.41. The minimum atomic E-state index is -3.79. The van der Waals surface area contributed by atoms with Crippen LogP contribution >= 0.6 is 0 Å². The van der Waals surface area contributed by atoms with E-state index in [0.717, 1.165) is 11.1 Å². The summed E-state index contributed by atoms with van der Waals surface area (Å²) in [6, 6.07) is 15.7. The Morgan fingerprint density at radius 2 is 1.46 bits per heavy atom. The first-order chi connectivity index (χ1) is 18.3. The molecule has 0 aromatic heterocycles. The summed E-state index contributed by atoms with van der Waals surface area (Å²) in [5, 5.41) is 0. The lowest BCUT2D eigenvalue weighted by molar-refractivity contribution is -0.122. The summed E-state index contributed by atoms with van der Waals surface area (Å²) >= 11 is 0. The fourth-order valence-electron chi connectivity index (χ4n) is 6.30. The maximum Gasteiger partial charge on any atom is 0.466 e. The van der Waals surface area contributed by atoms with Crippen LogP contribution in [0.2, 0.25) is 5.82 Å². The van der Waals surface area contributed by atoms with Crippen LogP contribution in [0.25, 0.3) is 0 Å². The first-order valence-corrected chi connectivity index (χ1v) is 14.8. The highest BCUT2D eigenvalue weighted by Gasteiger charge is 2.64. The van der Waals surface area contributed by atoms with Gasteiger partial charge in [0.05, 0.1) is 33.6 Å². The highest BCUT2D eigenvalue weighted by molar-refractivity contribution is 7.89. The van der Waals surface area contributed by atoms with E-state index in [4.69, 9.17) is 9.31 Å². The molecule has 3 heterocycles. The number of carbonyl (C=O) groups excluding carboxylic acids is 2. The van der Waals surface area contributed by atoms with Gasteiger partial charge in [-0.3, -0.25) is 14.5 Å². The maximum absolute atomic E-state index is 14.0. The molecule has 3 saturated heterocycles. The molecule has 4 atom stereocenters. The van der Waals surface area contributed by atoms with Crippen molar-refractivity contribution in [1.82, 2.24) is 4.31 Å². The summed E-state index contributed by atoms with van der Waals surface area (Å²) in [5.74, 6) is -2.97. The molecule has 2 aromatic rings.